The van der Waals surface area contributed by atoms with Crippen LogP contribution in [0.5, 0.6) is 0 Å². The van der Waals surface area contributed by atoms with Gasteiger partial charge in [-0.25, -0.2) is 4.68 Å². The Morgan fingerprint density at radius 1 is 1.35 bits per heavy atom. The standard InChI is InChI=1S/C13H12ClN5S/c1-9-4-5-20-13(9)7-15-12-6-10(2-3-11(12)14)19-8-16-17-18-19/h2-6,8,15H,7H2,1H3. The van der Waals surface area contributed by atoms with Crippen molar-refractivity contribution in [1.82, 2.24) is 20.2 Å². The van der Waals surface area contributed by atoms with Crippen molar-refractivity contribution >= 4 is 28.6 Å². The predicted octanol–water partition coefficient (Wildman–Crippen LogP) is 3.30. The summed E-state index contributed by atoms with van der Waals surface area (Å²) in [5.41, 5.74) is 3.02. The van der Waals surface area contributed by atoms with E-state index < -0.39 is 0 Å². The highest BCUT2D eigenvalue weighted by atomic mass is 35.5. The van der Waals surface area contributed by atoms with Crippen LogP contribution >= 0.6 is 22.9 Å². The molecule has 3 rings (SSSR count). The molecule has 1 aromatic carbocycles. The molecule has 102 valence electrons. The van der Waals surface area contributed by atoms with Crippen LogP contribution in [-0.4, -0.2) is 20.2 Å². The smallest absolute Gasteiger partial charge is 0.143 e. The Kier molecular flexibility index (Phi) is 3.66. The van der Waals surface area contributed by atoms with E-state index in [1.807, 2.05) is 18.2 Å². The monoisotopic (exact) mass is 305 g/mol. The number of thiophene rings is 1. The third-order valence-electron chi connectivity index (χ3n) is 2.97. The van der Waals surface area contributed by atoms with Crippen molar-refractivity contribution in [2.24, 2.45) is 0 Å². The van der Waals surface area contributed by atoms with Crippen molar-refractivity contribution in [1.29, 1.82) is 0 Å². The number of benzene rings is 1. The van der Waals surface area contributed by atoms with Crippen LogP contribution in [0.2, 0.25) is 5.02 Å². The summed E-state index contributed by atoms with van der Waals surface area (Å²) in [5, 5.41) is 17.2. The van der Waals surface area contributed by atoms with Crippen molar-refractivity contribution in [3.8, 4) is 5.69 Å². The molecule has 7 heteroatoms. The number of nitrogens with one attached hydrogen (secondary N) is 1. The van der Waals surface area contributed by atoms with E-state index in [2.05, 4.69) is 39.2 Å². The van der Waals surface area contributed by atoms with Gasteiger partial charge in [0.25, 0.3) is 0 Å². The maximum absolute atomic E-state index is 6.22. The SMILES string of the molecule is Cc1ccsc1CNc1cc(-n2cnnn2)ccc1Cl. The number of hydrogen-bond donors (Lipinski definition) is 1. The van der Waals surface area contributed by atoms with Gasteiger partial charge < -0.3 is 5.32 Å². The van der Waals surface area contributed by atoms with Crippen molar-refractivity contribution in [2.45, 2.75) is 13.5 Å². The first-order chi connectivity index (χ1) is 9.74. The van der Waals surface area contributed by atoms with Crippen LogP contribution in [0, 0.1) is 6.92 Å². The number of rotatable bonds is 4. The molecule has 2 heterocycles. The molecule has 0 saturated heterocycles. The zero-order valence-electron chi connectivity index (χ0n) is 10.7. The average molecular weight is 306 g/mol. The molecule has 20 heavy (non-hydrogen) atoms. The maximum atomic E-state index is 6.22. The highest BCUT2D eigenvalue weighted by Crippen LogP contribution is 2.26. The molecule has 0 aliphatic rings. The number of anilines is 1. The molecule has 5 nitrogen and oxygen atoms in total. The summed E-state index contributed by atoms with van der Waals surface area (Å²) >= 11 is 7.95. The predicted molar refractivity (Wildman–Crippen MR) is 80.5 cm³/mol. The van der Waals surface area contributed by atoms with Gasteiger partial charge >= 0.3 is 0 Å². The van der Waals surface area contributed by atoms with E-state index in [9.17, 15) is 0 Å². The summed E-state index contributed by atoms with van der Waals surface area (Å²) in [5.74, 6) is 0. The Bertz CT molecular complexity index is 707. The van der Waals surface area contributed by atoms with Gasteiger partial charge in [-0.15, -0.1) is 16.4 Å². The molecule has 1 N–H and O–H groups in total. The van der Waals surface area contributed by atoms with Gasteiger partial charge in [0.15, 0.2) is 0 Å². The molecule has 0 fully saturated rings. The Labute approximate surface area is 125 Å². The molecule has 0 bridgehead atoms. The van der Waals surface area contributed by atoms with Crippen LogP contribution in [0.15, 0.2) is 36.0 Å². The van der Waals surface area contributed by atoms with Gasteiger partial charge in [-0.2, -0.15) is 0 Å². The number of halogens is 1. The second kappa shape index (κ2) is 5.60. The second-order valence-electron chi connectivity index (χ2n) is 4.30. The van der Waals surface area contributed by atoms with Gasteiger partial charge in [0.2, 0.25) is 0 Å². The second-order valence-corrected chi connectivity index (χ2v) is 5.71. The lowest BCUT2D eigenvalue weighted by atomic mass is 10.2. The molecule has 0 unspecified atom stereocenters. The minimum absolute atomic E-state index is 0.677. The fraction of sp³-hybridized carbons (Fsp3) is 0.154. The molecule has 0 aliphatic carbocycles. The van der Waals surface area contributed by atoms with Crippen LogP contribution < -0.4 is 5.32 Å². The van der Waals surface area contributed by atoms with E-state index in [-0.39, 0.29) is 0 Å². The topological polar surface area (TPSA) is 55.6 Å². The summed E-state index contributed by atoms with van der Waals surface area (Å²) in [6, 6.07) is 7.75. The van der Waals surface area contributed by atoms with Gasteiger partial charge in [0, 0.05) is 11.4 Å². The lowest BCUT2D eigenvalue weighted by Gasteiger charge is -2.10. The van der Waals surface area contributed by atoms with Crippen LogP contribution in [0.1, 0.15) is 10.4 Å². The zero-order chi connectivity index (χ0) is 13.9. The van der Waals surface area contributed by atoms with E-state index in [1.165, 1.54) is 10.4 Å². The Balaban J connectivity index is 1.82. The molecule has 0 spiro atoms. The van der Waals surface area contributed by atoms with E-state index in [4.69, 9.17) is 11.6 Å². The first kappa shape index (κ1) is 13.1. The van der Waals surface area contributed by atoms with E-state index in [0.29, 0.717) is 5.02 Å². The van der Waals surface area contributed by atoms with E-state index in [1.54, 1.807) is 22.3 Å². The van der Waals surface area contributed by atoms with E-state index in [0.717, 1.165) is 17.9 Å². The van der Waals surface area contributed by atoms with Crippen molar-refractivity contribution < 1.29 is 0 Å². The van der Waals surface area contributed by atoms with Gasteiger partial charge in [-0.3, -0.25) is 0 Å². The summed E-state index contributed by atoms with van der Waals surface area (Å²) in [4.78, 5) is 1.30. The summed E-state index contributed by atoms with van der Waals surface area (Å²) in [6.07, 6.45) is 1.55. The average Bonchev–Trinajstić information content (AvgIpc) is 3.10. The van der Waals surface area contributed by atoms with Gasteiger partial charge in [0.1, 0.15) is 6.33 Å². The number of tetrazole rings is 1. The number of aryl methyl sites for hydroxylation is 1. The lowest BCUT2D eigenvalue weighted by Crippen LogP contribution is -2.02. The molecule has 0 saturated carbocycles. The Morgan fingerprint density at radius 3 is 2.95 bits per heavy atom. The Hall–Kier alpha value is -1.92. The van der Waals surface area contributed by atoms with Crippen molar-refractivity contribution in [3.63, 3.8) is 0 Å². The molecular formula is C13H12ClN5S. The highest BCUT2D eigenvalue weighted by molar-refractivity contribution is 7.10. The van der Waals surface area contributed by atoms with Crippen molar-refractivity contribution in [2.75, 3.05) is 5.32 Å². The van der Waals surface area contributed by atoms with Crippen LogP contribution in [0.4, 0.5) is 5.69 Å². The number of nitrogens with zero attached hydrogens (tertiary/aromatic N) is 4. The third kappa shape index (κ3) is 2.66. The third-order valence-corrected chi connectivity index (χ3v) is 4.32. The lowest BCUT2D eigenvalue weighted by molar-refractivity contribution is 0.789. The molecule has 0 amide bonds. The van der Waals surface area contributed by atoms with Crippen LogP contribution in [0.3, 0.4) is 0 Å². The van der Waals surface area contributed by atoms with Gasteiger partial charge in [-0.05, 0) is 52.6 Å². The maximum Gasteiger partial charge on any atom is 0.143 e. The Morgan fingerprint density at radius 2 is 2.25 bits per heavy atom. The molecule has 0 aliphatic heterocycles. The fourth-order valence-electron chi connectivity index (χ4n) is 1.83. The first-order valence-electron chi connectivity index (χ1n) is 6.04. The summed E-state index contributed by atoms with van der Waals surface area (Å²) in [7, 11) is 0. The zero-order valence-corrected chi connectivity index (χ0v) is 12.3. The van der Waals surface area contributed by atoms with E-state index >= 15 is 0 Å². The van der Waals surface area contributed by atoms with Gasteiger partial charge in [-0.1, -0.05) is 11.6 Å². The van der Waals surface area contributed by atoms with Gasteiger partial charge in [0.05, 0.1) is 16.4 Å². The normalized spacial score (nSPS) is 10.7. The molecule has 0 radical (unpaired) electrons. The first-order valence-corrected chi connectivity index (χ1v) is 7.29. The quantitative estimate of drug-likeness (QED) is 0.803. The minimum atomic E-state index is 0.677. The highest BCUT2D eigenvalue weighted by Gasteiger charge is 2.06. The van der Waals surface area contributed by atoms with Crippen molar-refractivity contribution in [3.05, 3.63) is 51.4 Å². The largest absolute Gasteiger partial charge is 0.379 e. The van der Waals surface area contributed by atoms with Crippen LogP contribution in [0.25, 0.3) is 5.69 Å². The molecule has 0 atom stereocenters. The molecule has 2 aromatic heterocycles. The number of hydrogen-bond acceptors (Lipinski definition) is 5. The fourth-order valence-corrected chi connectivity index (χ4v) is 2.86. The minimum Gasteiger partial charge on any atom is -0.379 e. The summed E-state index contributed by atoms with van der Waals surface area (Å²) in [6.45, 7) is 2.86. The molecular weight excluding hydrogens is 294 g/mol. The van der Waals surface area contributed by atoms with Crippen LogP contribution in [-0.2, 0) is 6.54 Å². The summed E-state index contributed by atoms with van der Waals surface area (Å²) < 4.78 is 1.60. The number of aromatic nitrogens is 4. The molecule has 3 aromatic rings.